The second kappa shape index (κ2) is 7.57. The molecule has 0 radical (unpaired) electrons. The number of rotatable bonds is 4. The molecule has 102 valence electrons. The van der Waals surface area contributed by atoms with Crippen LogP contribution in [0.1, 0.15) is 15.9 Å². The molecule has 1 aromatic carbocycles. The molecule has 0 saturated heterocycles. The fourth-order valence-corrected chi connectivity index (χ4v) is 1.56. The summed E-state index contributed by atoms with van der Waals surface area (Å²) in [7, 11) is 5.78. The maximum atomic E-state index is 12.2. The van der Waals surface area contributed by atoms with Gasteiger partial charge in [0.2, 0.25) is 0 Å². The quantitative estimate of drug-likeness (QED) is 0.807. The molecule has 1 amide bonds. The summed E-state index contributed by atoms with van der Waals surface area (Å²) in [6.07, 6.45) is 0. The summed E-state index contributed by atoms with van der Waals surface area (Å²) in [5, 5.41) is 0. The van der Waals surface area contributed by atoms with E-state index in [0.29, 0.717) is 18.7 Å². The van der Waals surface area contributed by atoms with Crippen LogP contribution >= 0.6 is 0 Å². The summed E-state index contributed by atoms with van der Waals surface area (Å²) in [6, 6.07) is 7.33. The average Bonchev–Trinajstić information content (AvgIpc) is 2.41. The van der Waals surface area contributed by atoms with Gasteiger partial charge in [-0.15, -0.1) is 0 Å². The van der Waals surface area contributed by atoms with Crippen molar-refractivity contribution >= 4 is 5.91 Å². The van der Waals surface area contributed by atoms with Crippen LogP contribution < -0.4 is 5.73 Å². The fraction of sp³-hybridized carbons (Fsp3) is 0.400. The Morgan fingerprint density at radius 1 is 1.26 bits per heavy atom. The number of hydrogen-bond donors (Lipinski definition) is 1. The molecule has 0 unspecified atom stereocenters. The highest BCUT2D eigenvalue weighted by atomic mass is 16.2. The fourth-order valence-electron chi connectivity index (χ4n) is 1.56. The number of amides is 1. The summed E-state index contributed by atoms with van der Waals surface area (Å²) in [5.74, 6) is 5.73. The van der Waals surface area contributed by atoms with Crippen molar-refractivity contribution in [1.82, 2.24) is 9.80 Å². The Morgan fingerprint density at radius 2 is 2.00 bits per heavy atom. The number of likely N-dealkylation sites (N-methyl/N-ethyl adjacent to an activating group) is 2. The third-order valence-electron chi connectivity index (χ3n) is 2.67. The summed E-state index contributed by atoms with van der Waals surface area (Å²) in [6.45, 7) is 1.86. The van der Waals surface area contributed by atoms with E-state index in [1.54, 1.807) is 11.0 Å². The SMILES string of the molecule is CN(C)CCN(C)C(=O)c1cccc(C#CCN)c1. The van der Waals surface area contributed by atoms with Gasteiger partial charge in [-0.2, -0.15) is 0 Å². The van der Waals surface area contributed by atoms with Gasteiger partial charge >= 0.3 is 0 Å². The van der Waals surface area contributed by atoms with Crippen LogP contribution in [0.4, 0.5) is 0 Å². The molecular weight excluding hydrogens is 238 g/mol. The molecule has 0 aliphatic rings. The predicted molar refractivity (Wildman–Crippen MR) is 77.9 cm³/mol. The van der Waals surface area contributed by atoms with Crippen molar-refractivity contribution in [2.24, 2.45) is 5.73 Å². The van der Waals surface area contributed by atoms with Crippen LogP contribution in [0.2, 0.25) is 0 Å². The molecule has 0 heterocycles. The zero-order chi connectivity index (χ0) is 14.3. The van der Waals surface area contributed by atoms with E-state index in [-0.39, 0.29) is 5.91 Å². The smallest absolute Gasteiger partial charge is 0.253 e. The Kier molecular flexibility index (Phi) is 6.07. The Labute approximate surface area is 115 Å². The van der Waals surface area contributed by atoms with E-state index < -0.39 is 0 Å². The minimum atomic E-state index is 0.0123. The van der Waals surface area contributed by atoms with Crippen molar-refractivity contribution in [2.75, 3.05) is 40.8 Å². The van der Waals surface area contributed by atoms with Gasteiger partial charge in [0, 0.05) is 31.3 Å². The van der Waals surface area contributed by atoms with Crippen LogP contribution in [0, 0.1) is 11.8 Å². The Bertz CT molecular complexity index is 486. The van der Waals surface area contributed by atoms with E-state index in [0.717, 1.165) is 12.1 Å². The summed E-state index contributed by atoms with van der Waals surface area (Å²) >= 11 is 0. The van der Waals surface area contributed by atoms with Crippen LogP contribution in [0.3, 0.4) is 0 Å². The van der Waals surface area contributed by atoms with Gasteiger partial charge in [-0.25, -0.2) is 0 Å². The second-order valence-corrected chi connectivity index (χ2v) is 4.62. The Hall–Kier alpha value is -1.83. The van der Waals surface area contributed by atoms with Crippen LogP contribution in [-0.4, -0.2) is 56.5 Å². The molecule has 4 nitrogen and oxygen atoms in total. The lowest BCUT2D eigenvalue weighted by molar-refractivity contribution is 0.0786. The molecule has 0 saturated carbocycles. The first kappa shape index (κ1) is 15.2. The largest absolute Gasteiger partial charge is 0.340 e. The second-order valence-electron chi connectivity index (χ2n) is 4.62. The molecule has 2 N–H and O–H groups in total. The lowest BCUT2D eigenvalue weighted by Crippen LogP contribution is -2.33. The van der Waals surface area contributed by atoms with E-state index in [4.69, 9.17) is 5.73 Å². The van der Waals surface area contributed by atoms with Crippen molar-refractivity contribution < 1.29 is 4.79 Å². The first-order chi connectivity index (χ1) is 9.04. The van der Waals surface area contributed by atoms with Crippen molar-refractivity contribution in [1.29, 1.82) is 0 Å². The van der Waals surface area contributed by atoms with Crippen LogP contribution in [0.15, 0.2) is 24.3 Å². The minimum Gasteiger partial charge on any atom is -0.340 e. The van der Waals surface area contributed by atoms with Gasteiger partial charge in [-0.3, -0.25) is 4.79 Å². The van der Waals surface area contributed by atoms with Gasteiger partial charge < -0.3 is 15.5 Å². The molecule has 0 bridgehead atoms. The zero-order valence-corrected chi connectivity index (χ0v) is 11.8. The normalized spacial score (nSPS) is 9.95. The maximum Gasteiger partial charge on any atom is 0.253 e. The highest BCUT2D eigenvalue weighted by Gasteiger charge is 2.11. The van der Waals surface area contributed by atoms with E-state index in [2.05, 4.69) is 11.8 Å². The third-order valence-corrected chi connectivity index (χ3v) is 2.67. The zero-order valence-electron chi connectivity index (χ0n) is 11.8. The third kappa shape index (κ3) is 5.12. The molecule has 0 aliphatic carbocycles. The van der Waals surface area contributed by atoms with Gasteiger partial charge in [-0.05, 0) is 32.3 Å². The van der Waals surface area contributed by atoms with E-state index in [1.165, 1.54) is 0 Å². The molecule has 0 aromatic heterocycles. The van der Waals surface area contributed by atoms with Gasteiger partial charge in [0.15, 0.2) is 0 Å². The van der Waals surface area contributed by atoms with Gasteiger partial charge in [0.1, 0.15) is 0 Å². The van der Waals surface area contributed by atoms with Crippen molar-refractivity contribution in [3.05, 3.63) is 35.4 Å². The lowest BCUT2D eigenvalue weighted by Gasteiger charge is -2.19. The number of nitrogens with two attached hydrogens (primary N) is 1. The van der Waals surface area contributed by atoms with Crippen LogP contribution in [0.5, 0.6) is 0 Å². The molecule has 0 spiro atoms. The first-order valence-electron chi connectivity index (χ1n) is 6.23. The summed E-state index contributed by atoms with van der Waals surface area (Å²) < 4.78 is 0. The average molecular weight is 259 g/mol. The summed E-state index contributed by atoms with van der Waals surface area (Å²) in [5.41, 5.74) is 6.81. The monoisotopic (exact) mass is 259 g/mol. The van der Waals surface area contributed by atoms with Crippen LogP contribution in [0.25, 0.3) is 0 Å². The lowest BCUT2D eigenvalue weighted by atomic mass is 10.1. The highest BCUT2D eigenvalue weighted by molar-refractivity contribution is 5.94. The number of nitrogens with zero attached hydrogens (tertiary/aromatic N) is 2. The van der Waals surface area contributed by atoms with E-state index in [1.807, 2.05) is 44.2 Å². The number of carbonyl (C=O) groups excluding carboxylic acids is 1. The number of hydrogen-bond acceptors (Lipinski definition) is 3. The van der Waals surface area contributed by atoms with Gasteiger partial charge in [0.05, 0.1) is 6.54 Å². The molecule has 19 heavy (non-hydrogen) atoms. The maximum absolute atomic E-state index is 12.2. The Balaban J connectivity index is 2.76. The molecule has 0 fully saturated rings. The van der Waals surface area contributed by atoms with E-state index in [9.17, 15) is 4.79 Å². The highest BCUT2D eigenvalue weighted by Crippen LogP contribution is 2.07. The van der Waals surface area contributed by atoms with Gasteiger partial charge in [0.25, 0.3) is 5.91 Å². The summed E-state index contributed by atoms with van der Waals surface area (Å²) in [4.78, 5) is 16.0. The topological polar surface area (TPSA) is 49.6 Å². The Morgan fingerprint density at radius 3 is 2.63 bits per heavy atom. The van der Waals surface area contributed by atoms with Gasteiger partial charge in [-0.1, -0.05) is 17.9 Å². The molecule has 0 aliphatic heterocycles. The van der Waals surface area contributed by atoms with Crippen LogP contribution in [-0.2, 0) is 0 Å². The van der Waals surface area contributed by atoms with Crippen molar-refractivity contribution in [2.45, 2.75) is 0 Å². The number of carbonyl (C=O) groups is 1. The van der Waals surface area contributed by atoms with Crippen molar-refractivity contribution in [3.63, 3.8) is 0 Å². The van der Waals surface area contributed by atoms with Crippen molar-refractivity contribution in [3.8, 4) is 11.8 Å². The number of benzene rings is 1. The van der Waals surface area contributed by atoms with E-state index >= 15 is 0 Å². The molecule has 1 aromatic rings. The first-order valence-corrected chi connectivity index (χ1v) is 6.23. The minimum absolute atomic E-state index is 0.0123. The predicted octanol–water partition coefficient (Wildman–Crippen LogP) is 0.630. The molecule has 1 rings (SSSR count). The molecule has 0 atom stereocenters. The molecular formula is C15H21N3O. The standard InChI is InChI=1S/C15H21N3O/c1-17(2)10-11-18(3)15(19)14-8-4-6-13(12-14)7-5-9-16/h4,6,8,12H,9-11,16H2,1-3H3. The molecule has 4 heteroatoms.